The number of amides is 1. The highest BCUT2D eigenvalue weighted by atomic mass is 32.2. The van der Waals surface area contributed by atoms with Crippen LogP contribution in [0.4, 0.5) is 0 Å². The van der Waals surface area contributed by atoms with Gasteiger partial charge in [-0.3, -0.25) is 4.79 Å². The van der Waals surface area contributed by atoms with E-state index in [1.54, 1.807) is 13.0 Å². The molecule has 0 atom stereocenters. The summed E-state index contributed by atoms with van der Waals surface area (Å²) in [7, 11) is -2.12. The molecule has 7 heteroatoms. The fraction of sp³-hybridized carbons (Fsp3) is 0.417. The molecule has 2 N–H and O–H groups in total. The van der Waals surface area contributed by atoms with Crippen molar-refractivity contribution in [2.24, 2.45) is 0 Å². The molecule has 0 fully saturated rings. The van der Waals surface area contributed by atoms with Crippen LogP contribution in [-0.4, -0.2) is 41.1 Å². The van der Waals surface area contributed by atoms with Gasteiger partial charge >= 0.3 is 0 Å². The number of nitrogens with one attached hydrogen (secondary N) is 2. The van der Waals surface area contributed by atoms with Crippen molar-refractivity contribution in [2.45, 2.75) is 11.8 Å². The van der Waals surface area contributed by atoms with Gasteiger partial charge in [-0.1, -0.05) is 6.07 Å². The molecule has 0 bridgehead atoms. The first kappa shape index (κ1) is 15.6. The Morgan fingerprint density at radius 3 is 2.74 bits per heavy atom. The normalized spacial score (nSPS) is 11.3. The Hall–Kier alpha value is -1.44. The molecule has 0 spiro atoms. The first-order valence-corrected chi connectivity index (χ1v) is 7.36. The summed E-state index contributed by atoms with van der Waals surface area (Å²) in [6.07, 6.45) is 0. The van der Waals surface area contributed by atoms with Gasteiger partial charge < -0.3 is 10.1 Å². The minimum Gasteiger partial charge on any atom is -0.383 e. The maximum Gasteiger partial charge on any atom is 0.251 e. The molecule has 0 saturated carbocycles. The fourth-order valence-electron chi connectivity index (χ4n) is 1.43. The molecule has 106 valence electrons. The van der Waals surface area contributed by atoms with E-state index in [4.69, 9.17) is 4.74 Å². The molecule has 0 unspecified atom stereocenters. The van der Waals surface area contributed by atoms with Gasteiger partial charge in [0.25, 0.3) is 5.91 Å². The lowest BCUT2D eigenvalue weighted by Gasteiger charge is -2.08. The fourth-order valence-corrected chi connectivity index (χ4v) is 2.49. The van der Waals surface area contributed by atoms with Gasteiger partial charge in [-0.15, -0.1) is 0 Å². The number of benzene rings is 1. The van der Waals surface area contributed by atoms with Gasteiger partial charge in [-0.25, -0.2) is 13.1 Å². The molecule has 0 heterocycles. The van der Waals surface area contributed by atoms with Crippen molar-refractivity contribution in [1.82, 2.24) is 10.0 Å². The largest absolute Gasteiger partial charge is 0.383 e. The minimum atomic E-state index is -3.61. The Bertz CT molecular complexity index is 528. The first-order chi connectivity index (χ1) is 9.01. The van der Waals surface area contributed by atoms with Crippen LogP contribution < -0.4 is 10.0 Å². The van der Waals surface area contributed by atoms with Crippen molar-refractivity contribution in [3.63, 3.8) is 0 Å². The van der Waals surface area contributed by atoms with Gasteiger partial charge in [-0.2, -0.15) is 0 Å². The van der Waals surface area contributed by atoms with Crippen LogP contribution in [0.25, 0.3) is 0 Å². The van der Waals surface area contributed by atoms with Crippen LogP contribution in [0.2, 0.25) is 0 Å². The van der Waals surface area contributed by atoms with Crippen molar-refractivity contribution in [2.75, 3.05) is 26.8 Å². The van der Waals surface area contributed by atoms with E-state index in [-0.39, 0.29) is 24.0 Å². The average Bonchev–Trinajstić information content (AvgIpc) is 2.39. The summed E-state index contributed by atoms with van der Waals surface area (Å²) in [4.78, 5) is 11.7. The van der Waals surface area contributed by atoms with E-state index >= 15 is 0 Å². The number of hydrogen-bond donors (Lipinski definition) is 2. The number of carbonyl (C=O) groups excluding carboxylic acids is 1. The quantitative estimate of drug-likeness (QED) is 0.709. The first-order valence-electron chi connectivity index (χ1n) is 5.88. The molecular formula is C12H18N2O4S. The molecule has 0 radical (unpaired) electrons. The molecule has 0 aromatic heterocycles. The summed E-state index contributed by atoms with van der Waals surface area (Å²) in [6.45, 7) is 2.76. The third kappa shape index (κ3) is 4.62. The van der Waals surface area contributed by atoms with Crippen LogP contribution in [0.15, 0.2) is 29.2 Å². The molecular weight excluding hydrogens is 268 g/mol. The molecule has 0 aliphatic rings. The smallest absolute Gasteiger partial charge is 0.251 e. The zero-order valence-corrected chi connectivity index (χ0v) is 11.8. The third-order valence-electron chi connectivity index (χ3n) is 2.34. The highest BCUT2D eigenvalue weighted by molar-refractivity contribution is 7.89. The predicted octanol–water partition coefficient (Wildman–Crippen LogP) is 0.361. The van der Waals surface area contributed by atoms with E-state index in [1.807, 2.05) is 0 Å². The summed E-state index contributed by atoms with van der Waals surface area (Å²) < 4.78 is 31.0. The van der Waals surface area contributed by atoms with Crippen LogP contribution in [0.5, 0.6) is 0 Å². The second kappa shape index (κ2) is 7.22. The zero-order valence-electron chi connectivity index (χ0n) is 11.0. The maximum atomic E-state index is 11.9. The lowest BCUT2D eigenvalue weighted by Crippen LogP contribution is -2.28. The predicted molar refractivity (Wildman–Crippen MR) is 71.5 cm³/mol. The van der Waals surface area contributed by atoms with Crippen LogP contribution in [0, 0.1) is 0 Å². The van der Waals surface area contributed by atoms with Gasteiger partial charge in [0, 0.05) is 25.8 Å². The van der Waals surface area contributed by atoms with E-state index in [0.717, 1.165) is 0 Å². The average molecular weight is 286 g/mol. The summed E-state index contributed by atoms with van der Waals surface area (Å²) in [5.41, 5.74) is 0.316. The number of rotatable bonds is 7. The third-order valence-corrected chi connectivity index (χ3v) is 3.80. The lowest BCUT2D eigenvalue weighted by atomic mass is 10.2. The van der Waals surface area contributed by atoms with Gasteiger partial charge in [0.1, 0.15) is 0 Å². The summed E-state index contributed by atoms with van der Waals surface area (Å²) >= 11 is 0. The van der Waals surface area contributed by atoms with Crippen molar-refractivity contribution < 1.29 is 17.9 Å². The Morgan fingerprint density at radius 2 is 2.11 bits per heavy atom. The molecule has 0 aliphatic carbocycles. The second-order valence-electron chi connectivity index (χ2n) is 3.78. The monoisotopic (exact) mass is 286 g/mol. The van der Waals surface area contributed by atoms with Crippen molar-refractivity contribution in [3.05, 3.63) is 29.8 Å². The highest BCUT2D eigenvalue weighted by Gasteiger charge is 2.15. The number of sulfonamides is 1. The number of ether oxygens (including phenoxy) is 1. The summed E-state index contributed by atoms with van der Waals surface area (Å²) in [6, 6.07) is 5.90. The van der Waals surface area contributed by atoms with Gasteiger partial charge in [0.15, 0.2) is 0 Å². The molecule has 1 aromatic rings. The van der Waals surface area contributed by atoms with E-state index in [0.29, 0.717) is 12.1 Å². The minimum absolute atomic E-state index is 0.0624. The van der Waals surface area contributed by atoms with Gasteiger partial charge in [0.05, 0.1) is 11.5 Å². The Kier molecular flexibility index (Phi) is 5.94. The Balaban J connectivity index is 2.89. The van der Waals surface area contributed by atoms with Crippen molar-refractivity contribution in [1.29, 1.82) is 0 Å². The van der Waals surface area contributed by atoms with Crippen LogP contribution in [-0.2, 0) is 14.8 Å². The van der Waals surface area contributed by atoms with Gasteiger partial charge in [-0.05, 0) is 25.1 Å². The number of carbonyl (C=O) groups is 1. The van der Waals surface area contributed by atoms with Crippen LogP contribution in [0.1, 0.15) is 17.3 Å². The van der Waals surface area contributed by atoms with Crippen LogP contribution >= 0.6 is 0 Å². The second-order valence-corrected chi connectivity index (χ2v) is 5.54. The van der Waals surface area contributed by atoms with Gasteiger partial charge in [0.2, 0.25) is 10.0 Å². The lowest BCUT2D eigenvalue weighted by molar-refractivity contribution is 0.0955. The van der Waals surface area contributed by atoms with E-state index < -0.39 is 10.0 Å². The van der Waals surface area contributed by atoms with Crippen molar-refractivity contribution in [3.8, 4) is 0 Å². The zero-order chi connectivity index (χ0) is 14.3. The van der Waals surface area contributed by atoms with E-state index in [9.17, 15) is 13.2 Å². The topological polar surface area (TPSA) is 84.5 Å². The molecule has 0 aliphatic heterocycles. The van der Waals surface area contributed by atoms with Crippen LogP contribution in [0.3, 0.4) is 0 Å². The molecule has 1 rings (SSSR count). The Morgan fingerprint density at radius 1 is 1.37 bits per heavy atom. The number of hydrogen-bond acceptors (Lipinski definition) is 4. The highest BCUT2D eigenvalue weighted by Crippen LogP contribution is 2.11. The molecule has 1 amide bonds. The van der Waals surface area contributed by atoms with E-state index in [1.165, 1.54) is 25.3 Å². The summed E-state index contributed by atoms with van der Waals surface area (Å²) in [5.74, 6) is -0.295. The molecule has 6 nitrogen and oxygen atoms in total. The standard InChI is InChI=1S/C12H18N2O4S/c1-3-13-12(15)10-5-4-6-11(9-10)19(16,17)14-7-8-18-2/h4-6,9,14H,3,7-8H2,1-2H3,(H,13,15). The summed E-state index contributed by atoms with van der Waals surface area (Å²) in [5, 5.41) is 2.62. The van der Waals surface area contributed by atoms with E-state index in [2.05, 4.69) is 10.0 Å². The maximum absolute atomic E-state index is 11.9. The number of methoxy groups -OCH3 is 1. The Labute approximate surface area is 113 Å². The SMILES string of the molecule is CCNC(=O)c1cccc(S(=O)(=O)NCCOC)c1. The molecule has 1 aromatic carbocycles. The molecule has 19 heavy (non-hydrogen) atoms. The van der Waals surface area contributed by atoms with Crippen molar-refractivity contribution >= 4 is 15.9 Å². The molecule has 0 saturated heterocycles.